The first-order valence-corrected chi connectivity index (χ1v) is 7.85. The zero-order valence-corrected chi connectivity index (χ0v) is 11.6. The highest BCUT2D eigenvalue weighted by atomic mass is 32.2. The molecule has 0 saturated heterocycles. The number of carbonyl (C=O) groups excluding carboxylic acids is 1. The number of benzene rings is 1. The molecule has 1 heterocycles. The van der Waals surface area contributed by atoms with Crippen molar-refractivity contribution in [3.8, 4) is 5.75 Å². The SMILES string of the molecule is Nc1ccc(OCCC(=O)NC2C=CS(=O)(=O)C2)cc1. The van der Waals surface area contributed by atoms with Crippen LogP contribution in [0.1, 0.15) is 6.42 Å². The first-order chi connectivity index (χ1) is 9.44. The first-order valence-electron chi connectivity index (χ1n) is 6.13. The lowest BCUT2D eigenvalue weighted by molar-refractivity contribution is -0.121. The van der Waals surface area contributed by atoms with Gasteiger partial charge in [-0.15, -0.1) is 0 Å². The van der Waals surface area contributed by atoms with E-state index in [9.17, 15) is 13.2 Å². The Morgan fingerprint density at radius 1 is 1.35 bits per heavy atom. The van der Waals surface area contributed by atoms with E-state index in [1.165, 1.54) is 6.08 Å². The lowest BCUT2D eigenvalue weighted by Gasteiger charge is -2.10. The second kappa shape index (κ2) is 5.96. The van der Waals surface area contributed by atoms with Gasteiger partial charge in [0.15, 0.2) is 9.84 Å². The number of anilines is 1. The summed E-state index contributed by atoms with van der Waals surface area (Å²) in [5.41, 5.74) is 6.18. The number of amides is 1. The van der Waals surface area contributed by atoms with Crippen molar-refractivity contribution in [3.63, 3.8) is 0 Å². The van der Waals surface area contributed by atoms with Gasteiger partial charge >= 0.3 is 0 Å². The topological polar surface area (TPSA) is 98.5 Å². The number of nitrogens with two attached hydrogens (primary N) is 1. The maximum Gasteiger partial charge on any atom is 0.223 e. The summed E-state index contributed by atoms with van der Waals surface area (Å²) in [7, 11) is -3.15. The van der Waals surface area contributed by atoms with Crippen LogP contribution in [0, 0.1) is 0 Å². The van der Waals surface area contributed by atoms with Crippen molar-refractivity contribution in [1.29, 1.82) is 0 Å². The van der Waals surface area contributed by atoms with Crippen LogP contribution in [0.15, 0.2) is 35.7 Å². The molecule has 108 valence electrons. The molecule has 1 atom stereocenters. The molecule has 1 aliphatic rings. The van der Waals surface area contributed by atoms with Gasteiger partial charge in [0.25, 0.3) is 0 Å². The van der Waals surface area contributed by atoms with Crippen LogP contribution >= 0.6 is 0 Å². The minimum absolute atomic E-state index is 0.0719. The fourth-order valence-corrected chi connectivity index (χ4v) is 3.01. The Bertz CT molecular complexity index is 608. The molecule has 0 aromatic heterocycles. The van der Waals surface area contributed by atoms with Crippen molar-refractivity contribution in [2.45, 2.75) is 12.5 Å². The Morgan fingerprint density at radius 3 is 2.65 bits per heavy atom. The molecule has 1 unspecified atom stereocenters. The third-order valence-corrected chi connectivity index (χ3v) is 4.15. The van der Waals surface area contributed by atoms with Crippen molar-refractivity contribution >= 4 is 21.4 Å². The molecule has 2 rings (SSSR count). The molecule has 1 amide bonds. The summed E-state index contributed by atoms with van der Waals surface area (Å²) in [6.07, 6.45) is 1.64. The molecular weight excluding hydrogens is 280 g/mol. The molecule has 1 aromatic carbocycles. The second-order valence-corrected chi connectivity index (χ2v) is 6.43. The zero-order chi connectivity index (χ0) is 14.6. The van der Waals surface area contributed by atoms with Crippen LogP contribution in [-0.4, -0.2) is 32.7 Å². The fourth-order valence-electron chi connectivity index (χ4n) is 1.77. The van der Waals surface area contributed by atoms with Crippen molar-refractivity contribution in [2.75, 3.05) is 18.1 Å². The van der Waals surface area contributed by atoms with Crippen LogP contribution in [0.3, 0.4) is 0 Å². The summed E-state index contributed by atoms with van der Waals surface area (Å²) in [4.78, 5) is 11.6. The van der Waals surface area contributed by atoms with Gasteiger partial charge in [-0.2, -0.15) is 0 Å². The van der Waals surface area contributed by atoms with Gasteiger partial charge in [-0.05, 0) is 30.3 Å². The molecule has 6 nitrogen and oxygen atoms in total. The molecule has 1 aromatic rings. The van der Waals surface area contributed by atoms with Gasteiger partial charge in [-0.3, -0.25) is 4.79 Å². The average Bonchev–Trinajstić information content (AvgIpc) is 2.71. The van der Waals surface area contributed by atoms with E-state index in [1.54, 1.807) is 24.3 Å². The van der Waals surface area contributed by atoms with Gasteiger partial charge in [0.05, 0.1) is 24.8 Å². The molecule has 20 heavy (non-hydrogen) atoms. The van der Waals surface area contributed by atoms with E-state index in [0.717, 1.165) is 5.41 Å². The van der Waals surface area contributed by atoms with E-state index in [0.29, 0.717) is 11.4 Å². The summed E-state index contributed by atoms with van der Waals surface area (Å²) < 4.78 is 27.7. The molecule has 3 N–H and O–H groups in total. The normalized spacial score (nSPS) is 19.7. The van der Waals surface area contributed by atoms with E-state index < -0.39 is 15.9 Å². The summed E-state index contributed by atoms with van der Waals surface area (Å²) in [6, 6.07) is 6.43. The summed E-state index contributed by atoms with van der Waals surface area (Å²) in [5, 5.41) is 3.75. The van der Waals surface area contributed by atoms with Gasteiger partial charge in [-0.1, -0.05) is 0 Å². The van der Waals surface area contributed by atoms with E-state index in [-0.39, 0.29) is 24.7 Å². The number of hydrogen-bond acceptors (Lipinski definition) is 5. The Hall–Kier alpha value is -2.02. The molecule has 0 spiro atoms. The van der Waals surface area contributed by atoms with E-state index in [2.05, 4.69) is 5.32 Å². The Balaban J connectivity index is 1.71. The Labute approximate surface area is 117 Å². The molecule has 1 aliphatic heterocycles. The number of nitrogens with one attached hydrogen (secondary N) is 1. The number of hydrogen-bond donors (Lipinski definition) is 2. The zero-order valence-electron chi connectivity index (χ0n) is 10.8. The van der Waals surface area contributed by atoms with Crippen molar-refractivity contribution < 1.29 is 17.9 Å². The van der Waals surface area contributed by atoms with Crippen LogP contribution in [0.25, 0.3) is 0 Å². The molecule has 0 saturated carbocycles. The number of carbonyl (C=O) groups is 1. The smallest absolute Gasteiger partial charge is 0.223 e. The van der Waals surface area contributed by atoms with Crippen LogP contribution in [0.2, 0.25) is 0 Å². The standard InChI is InChI=1S/C13H16N2O4S/c14-10-1-3-12(4-2-10)19-7-5-13(16)15-11-6-8-20(17,18)9-11/h1-4,6,8,11H,5,7,9,14H2,(H,15,16). The molecule has 0 radical (unpaired) electrons. The minimum atomic E-state index is -3.15. The predicted octanol–water partition coefficient (Wildman–Crippen LogP) is 0.465. The van der Waals surface area contributed by atoms with Gasteiger partial charge < -0.3 is 15.8 Å². The van der Waals surface area contributed by atoms with Crippen molar-refractivity contribution in [1.82, 2.24) is 5.32 Å². The van der Waals surface area contributed by atoms with Crippen LogP contribution in [0.5, 0.6) is 5.75 Å². The maximum absolute atomic E-state index is 11.6. The molecule has 0 aliphatic carbocycles. The second-order valence-electron chi connectivity index (χ2n) is 4.50. The summed E-state index contributed by atoms with van der Waals surface area (Å²) in [6.45, 7) is 0.221. The molecular formula is C13H16N2O4S. The van der Waals surface area contributed by atoms with Crippen LogP contribution < -0.4 is 15.8 Å². The quantitative estimate of drug-likeness (QED) is 0.769. The number of rotatable bonds is 5. The van der Waals surface area contributed by atoms with Crippen molar-refractivity contribution in [3.05, 3.63) is 35.7 Å². The maximum atomic E-state index is 11.6. The Morgan fingerprint density at radius 2 is 2.05 bits per heavy atom. The summed E-state index contributed by atoms with van der Waals surface area (Å²) in [5.74, 6) is 0.319. The van der Waals surface area contributed by atoms with Gasteiger partial charge in [0.2, 0.25) is 5.91 Å². The van der Waals surface area contributed by atoms with Crippen LogP contribution in [0.4, 0.5) is 5.69 Å². The highest BCUT2D eigenvalue weighted by Gasteiger charge is 2.22. The molecule has 0 fully saturated rings. The lowest BCUT2D eigenvalue weighted by Crippen LogP contribution is -2.36. The Kier molecular flexibility index (Phi) is 4.29. The fraction of sp³-hybridized carbons (Fsp3) is 0.308. The van der Waals surface area contributed by atoms with Gasteiger partial charge in [-0.25, -0.2) is 8.42 Å². The van der Waals surface area contributed by atoms with Gasteiger partial charge in [0, 0.05) is 11.1 Å². The van der Waals surface area contributed by atoms with Crippen molar-refractivity contribution in [2.24, 2.45) is 0 Å². The monoisotopic (exact) mass is 296 g/mol. The van der Waals surface area contributed by atoms with E-state index >= 15 is 0 Å². The predicted molar refractivity (Wildman–Crippen MR) is 75.8 cm³/mol. The first kappa shape index (κ1) is 14.4. The van der Waals surface area contributed by atoms with E-state index in [1.807, 2.05) is 0 Å². The average molecular weight is 296 g/mol. The highest BCUT2D eigenvalue weighted by Crippen LogP contribution is 2.13. The number of nitrogen functional groups attached to an aromatic ring is 1. The molecule has 0 bridgehead atoms. The largest absolute Gasteiger partial charge is 0.493 e. The highest BCUT2D eigenvalue weighted by molar-refractivity contribution is 7.94. The summed E-state index contributed by atoms with van der Waals surface area (Å²) >= 11 is 0. The molecule has 7 heteroatoms. The lowest BCUT2D eigenvalue weighted by atomic mass is 10.3. The van der Waals surface area contributed by atoms with E-state index in [4.69, 9.17) is 10.5 Å². The number of sulfone groups is 1. The third kappa shape index (κ3) is 4.27. The van der Waals surface area contributed by atoms with Gasteiger partial charge in [0.1, 0.15) is 5.75 Å². The number of ether oxygens (including phenoxy) is 1. The van der Waals surface area contributed by atoms with Crippen LogP contribution in [-0.2, 0) is 14.6 Å². The third-order valence-electron chi connectivity index (χ3n) is 2.75. The minimum Gasteiger partial charge on any atom is -0.493 e.